The highest BCUT2D eigenvalue weighted by Gasteiger charge is 2.28. The molecule has 3 aromatic rings. The molecule has 0 bridgehead atoms. The molecule has 6 nitrogen and oxygen atoms in total. The van der Waals surface area contributed by atoms with Crippen LogP contribution in [0.3, 0.4) is 0 Å². The highest BCUT2D eigenvalue weighted by Crippen LogP contribution is 2.27. The molecule has 1 atom stereocenters. The van der Waals surface area contributed by atoms with Crippen LogP contribution in [-0.4, -0.2) is 36.3 Å². The number of carbonyl (C=O) groups excluding carboxylic acids is 1. The molecular formula is C23H26N4O2. The second-order valence-electron chi connectivity index (χ2n) is 7.48. The van der Waals surface area contributed by atoms with Crippen molar-refractivity contribution in [3.63, 3.8) is 0 Å². The zero-order chi connectivity index (χ0) is 20.2. The van der Waals surface area contributed by atoms with Crippen molar-refractivity contribution >= 4 is 28.3 Å². The molecular weight excluding hydrogens is 364 g/mol. The normalized spacial score (nSPS) is 16.2. The average molecular weight is 390 g/mol. The van der Waals surface area contributed by atoms with Crippen molar-refractivity contribution in [3.05, 3.63) is 60.8 Å². The average Bonchev–Trinajstić information content (AvgIpc) is 3.24. The summed E-state index contributed by atoms with van der Waals surface area (Å²) >= 11 is 0. The summed E-state index contributed by atoms with van der Waals surface area (Å²) in [5, 5.41) is 7.37. The van der Waals surface area contributed by atoms with Gasteiger partial charge in [-0.15, -0.1) is 0 Å². The number of para-hydroxylation sites is 1. The smallest absolute Gasteiger partial charge is 0.326 e. The van der Waals surface area contributed by atoms with E-state index in [-0.39, 0.29) is 18.2 Å². The van der Waals surface area contributed by atoms with Crippen LogP contribution in [0.5, 0.6) is 5.75 Å². The van der Waals surface area contributed by atoms with Gasteiger partial charge in [0.15, 0.2) is 0 Å². The van der Waals surface area contributed by atoms with Gasteiger partial charge < -0.3 is 15.4 Å². The molecule has 2 N–H and O–H groups in total. The SMILES string of the molecule is CC(C)Oc1ccc(N(C(=O)Nc2ccnc3ccccc23)C2CCNC2)cc1. The third-order valence-electron chi connectivity index (χ3n) is 5.00. The molecule has 1 fully saturated rings. The molecule has 0 saturated carbocycles. The van der Waals surface area contributed by atoms with Crippen molar-refractivity contribution in [2.45, 2.75) is 32.4 Å². The Labute approximate surface area is 170 Å². The Morgan fingerprint density at radius 3 is 2.69 bits per heavy atom. The number of fused-ring (bicyclic) bond motifs is 1. The molecule has 2 amide bonds. The van der Waals surface area contributed by atoms with Crippen LogP contribution in [-0.2, 0) is 0 Å². The maximum atomic E-state index is 13.3. The Morgan fingerprint density at radius 1 is 1.17 bits per heavy atom. The number of amides is 2. The zero-order valence-corrected chi connectivity index (χ0v) is 16.8. The van der Waals surface area contributed by atoms with E-state index in [4.69, 9.17) is 4.74 Å². The lowest BCUT2D eigenvalue weighted by Crippen LogP contribution is -2.44. The van der Waals surface area contributed by atoms with E-state index in [1.165, 1.54) is 0 Å². The van der Waals surface area contributed by atoms with Gasteiger partial charge >= 0.3 is 6.03 Å². The van der Waals surface area contributed by atoms with E-state index in [1.807, 2.05) is 73.3 Å². The fraction of sp³-hybridized carbons (Fsp3) is 0.304. The topological polar surface area (TPSA) is 66.5 Å². The van der Waals surface area contributed by atoms with E-state index >= 15 is 0 Å². The van der Waals surface area contributed by atoms with Gasteiger partial charge in [0.05, 0.1) is 23.3 Å². The number of rotatable bonds is 5. The molecule has 6 heteroatoms. The van der Waals surface area contributed by atoms with E-state index in [2.05, 4.69) is 15.6 Å². The molecule has 150 valence electrons. The van der Waals surface area contributed by atoms with E-state index in [0.29, 0.717) is 0 Å². The van der Waals surface area contributed by atoms with Gasteiger partial charge in [0.2, 0.25) is 0 Å². The van der Waals surface area contributed by atoms with Crippen molar-refractivity contribution in [3.8, 4) is 5.75 Å². The molecule has 1 unspecified atom stereocenters. The number of pyridine rings is 1. The van der Waals surface area contributed by atoms with Gasteiger partial charge in [0.1, 0.15) is 5.75 Å². The zero-order valence-electron chi connectivity index (χ0n) is 16.8. The van der Waals surface area contributed by atoms with Crippen LogP contribution in [0, 0.1) is 0 Å². The Balaban J connectivity index is 1.62. The minimum absolute atomic E-state index is 0.0972. The molecule has 1 aliphatic heterocycles. The maximum absolute atomic E-state index is 13.3. The highest BCUT2D eigenvalue weighted by molar-refractivity contribution is 6.07. The number of ether oxygens (including phenoxy) is 1. The number of nitrogens with zero attached hydrogens (tertiary/aromatic N) is 2. The summed E-state index contributed by atoms with van der Waals surface area (Å²) in [6.45, 7) is 5.67. The number of anilines is 2. The Kier molecular flexibility index (Phi) is 5.62. The van der Waals surface area contributed by atoms with Gasteiger partial charge in [0.25, 0.3) is 0 Å². The molecule has 1 saturated heterocycles. The minimum atomic E-state index is -0.146. The fourth-order valence-electron chi connectivity index (χ4n) is 3.69. The third-order valence-corrected chi connectivity index (χ3v) is 5.00. The molecule has 4 rings (SSSR count). The Hall–Kier alpha value is -3.12. The van der Waals surface area contributed by atoms with Crippen molar-refractivity contribution in [1.82, 2.24) is 10.3 Å². The van der Waals surface area contributed by atoms with Crippen LogP contribution in [0.15, 0.2) is 60.8 Å². The Morgan fingerprint density at radius 2 is 1.97 bits per heavy atom. The summed E-state index contributed by atoms with van der Waals surface area (Å²) in [4.78, 5) is 19.6. The lowest BCUT2D eigenvalue weighted by Gasteiger charge is -2.29. The molecule has 2 aromatic carbocycles. The first-order valence-electron chi connectivity index (χ1n) is 10.0. The maximum Gasteiger partial charge on any atom is 0.326 e. The van der Waals surface area contributed by atoms with Gasteiger partial charge in [-0.3, -0.25) is 9.88 Å². The fourth-order valence-corrected chi connectivity index (χ4v) is 3.69. The van der Waals surface area contributed by atoms with Crippen LogP contribution >= 0.6 is 0 Å². The predicted octanol–water partition coefficient (Wildman–Crippen LogP) is 4.42. The molecule has 1 aliphatic rings. The molecule has 0 spiro atoms. The number of nitrogens with one attached hydrogen (secondary N) is 2. The first kappa shape index (κ1) is 19.2. The lowest BCUT2D eigenvalue weighted by molar-refractivity contribution is 0.242. The van der Waals surface area contributed by atoms with Crippen LogP contribution in [0.2, 0.25) is 0 Å². The quantitative estimate of drug-likeness (QED) is 0.677. The van der Waals surface area contributed by atoms with Crippen LogP contribution < -0.4 is 20.3 Å². The van der Waals surface area contributed by atoms with Crippen LogP contribution in [0.4, 0.5) is 16.2 Å². The summed E-state index contributed by atoms with van der Waals surface area (Å²) in [6, 6.07) is 17.3. The number of carbonyl (C=O) groups is 1. The second-order valence-corrected chi connectivity index (χ2v) is 7.48. The standard InChI is InChI=1S/C23H26N4O2/c1-16(2)29-19-9-7-17(8-10-19)27(18-11-13-24-15-18)23(28)26-22-12-14-25-21-6-4-3-5-20(21)22/h3-10,12,14,16,18,24H,11,13,15H2,1-2H3,(H,25,26,28). The number of benzene rings is 2. The first-order chi connectivity index (χ1) is 14.1. The van der Waals surface area contributed by atoms with Gasteiger partial charge in [0, 0.05) is 23.8 Å². The summed E-state index contributed by atoms with van der Waals surface area (Å²) in [7, 11) is 0. The van der Waals surface area contributed by atoms with Crippen molar-refractivity contribution < 1.29 is 9.53 Å². The van der Waals surface area contributed by atoms with Crippen molar-refractivity contribution in [2.24, 2.45) is 0 Å². The molecule has 2 heterocycles. The summed E-state index contributed by atoms with van der Waals surface area (Å²) in [6.07, 6.45) is 2.74. The van der Waals surface area contributed by atoms with E-state index in [0.717, 1.165) is 47.5 Å². The van der Waals surface area contributed by atoms with Crippen LogP contribution in [0.25, 0.3) is 10.9 Å². The van der Waals surface area contributed by atoms with Gasteiger partial charge in [-0.2, -0.15) is 0 Å². The van der Waals surface area contributed by atoms with Gasteiger partial charge in [-0.25, -0.2) is 4.79 Å². The third kappa shape index (κ3) is 4.32. The lowest BCUT2D eigenvalue weighted by atomic mass is 10.1. The highest BCUT2D eigenvalue weighted by atomic mass is 16.5. The number of hydrogen-bond acceptors (Lipinski definition) is 4. The first-order valence-corrected chi connectivity index (χ1v) is 10.0. The van der Waals surface area contributed by atoms with E-state index in [1.54, 1.807) is 6.20 Å². The Bertz CT molecular complexity index is 976. The van der Waals surface area contributed by atoms with Crippen molar-refractivity contribution in [2.75, 3.05) is 23.3 Å². The largest absolute Gasteiger partial charge is 0.491 e. The van der Waals surface area contributed by atoms with Crippen molar-refractivity contribution in [1.29, 1.82) is 0 Å². The van der Waals surface area contributed by atoms with Gasteiger partial charge in [-0.1, -0.05) is 18.2 Å². The predicted molar refractivity (Wildman–Crippen MR) is 117 cm³/mol. The van der Waals surface area contributed by atoms with E-state index in [9.17, 15) is 4.79 Å². The van der Waals surface area contributed by atoms with Crippen LogP contribution in [0.1, 0.15) is 20.3 Å². The van der Waals surface area contributed by atoms with Gasteiger partial charge in [-0.05, 0) is 63.2 Å². The molecule has 29 heavy (non-hydrogen) atoms. The number of aromatic nitrogens is 1. The summed E-state index contributed by atoms with van der Waals surface area (Å²) in [5.41, 5.74) is 2.47. The molecule has 0 aliphatic carbocycles. The molecule has 1 aromatic heterocycles. The number of hydrogen-bond donors (Lipinski definition) is 2. The minimum Gasteiger partial charge on any atom is -0.491 e. The molecule has 0 radical (unpaired) electrons. The second kappa shape index (κ2) is 8.49. The monoisotopic (exact) mass is 390 g/mol. The van der Waals surface area contributed by atoms with E-state index < -0.39 is 0 Å². The summed E-state index contributed by atoms with van der Waals surface area (Å²) in [5.74, 6) is 0.800. The number of urea groups is 1. The summed E-state index contributed by atoms with van der Waals surface area (Å²) < 4.78 is 5.74.